The minimum Gasteiger partial charge on any atom is -0.506 e. The number of alkyl carbamates (subject to hydrolysis) is 1. The van der Waals surface area contributed by atoms with Crippen molar-refractivity contribution in [2.45, 2.75) is 162 Å². The molecule has 4 aromatic rings. The molecule has 0 fully saturated rings. The van der Waals surface area contributed by atoms with Crippen LogP contribution in [0.15, 0.2) is 72.1 Å². The molecule has 1 heterocycles. The number of phenolic OH excluding ortho intramolecular Hbond substituents is 1. The lowest BCUT2D eigenvalue weighted by molar-refractivity contribution is -0.149. The van der Waals surface area contributed by atoms with Crippen LogP contribution in [0.2, 0.25) is 0 Å². The fourth-order valence-corrected chi connectivity index (χ4v) is 11.0. The van der Waals surface area contributed by atoms with Crippen LogP contribution in [0.5, 0.6) is 5.75 Å². The third-order valence-electron chi connectivity index (χ3n) is 16.3. The Morgan fingerprint density at radius 1 is 0.782 bits per heavy atom. The minimum absolute atomic E-state index is 0.0115. The fraction of sp³-hybridized carbons (Fsp3) is 0.531. The molecule has 3 aromatic carbocycles. The fourth-order valence-electron chi connectivity index (χ4n) is 10.2. The zero-order valence-corrected chi connectivity index (χ0v) is 53.4. The lowest BCUT2D eigenvalue weighted by atomic mass is 9.92. The van der Waals surface area contributed by atoms with E-state index in [-0.39, 0.29) is 103 Å². The summed E-state index contributed by atoms with van der Waals surface area (Å²) in [7, 11) is 5.23. The number of anilines is 1. The van der Waals surface area contributed by atoms with Gasteiger partial charge in [0.2, 0.25) is 29.5 Å². The summed E-state index contributed by atoms with van der Waals surface area (Å²) in [5.41, 5.74) is 3.91. The number of hydrogen-bond acceptors (Lipinski definition) is 15. The summed E-state index contributed by atoms with van der Waals surface area (Å²) in [5.74, 6) is -6.61. The van der Waals surface area contributed by atoms with E-state index in [9.17, 15) is 53.4 Å². The highest BCUT2D eigenvalue weighted by Crippen LogP contribution is 2.44. The summed E-state index contributed by atoms with van der Waals surface area (Å²) in [5, 5.41) is 39.0. The van der Waals surface area contributed by atoms with Gasteiger partial charge in [-0.15, -0.1) is 11.3 Å². The molecule has 0 bridgehead atoms. The van der Waals surface area contributed by atoms with Crippen molar-refractivity contribution in [2.24, 2.45) is 23.7 Å². The molecule has 0 spiro atoms. The second-order valence-electron chi connectivity index (χ2n) is 24.0. The van der Waals surface area contributed by atoms with E-state index in [4.69, 9.17) is 9.47 Å². The van der Waals surface area contributed by atoms with Crippen LogP contribution in [-0.2, 0) is 49.5 Å². The zero-order chi connectivity index (χ0) is 64.6. The molecule has 0 radical (unpaired) electrons. The molecule has 1 aliphatic carbocycles. The summed E-state index contributed by atoms with van der Waals surface area (Å²) in [6, 6.07) is 16.2. The minimum atomic E-state index is -1.10. The van der Waals surface area contributed by atoms with Crippen LogP contribution in [-0.4, -0.2) is 149 Å². The predicted octanol–water partition coefficient (Wildman–Crippen LogP) is 7.55. The molecule has 1 aromatic heterocycles. The van der Waals surface area contributed by atoms with Gasteiger partial charge in [0, 0.05) is 56.7 Å². The van der Waals surface area contributed by atoms with Crippen LogP contribution in [0.4, 0.5) is 10.5 Å². The topological polar surface area (TPSA) is 304 Å². The molecule has 0 saturated carbocycles. The average molecular weight is 1220 g/mol. The highest BCUT2D eigenvalue weighted by atomic mass is 32.1. The van der Waals surface area contributed by atoms with Gasteiger partial charge >= 0.3 is 18.0 Å². The first-order valence-corrected chi connectivity index (χ1v) is 30.6. The lowest BCUT2D eigenvalue weighted by Crippen LogP contribution is -2.60. The maximum atomic E-state index is 14.3. The number of carbonyl (C=O) groups is 9. The number of esters is 1. The molecule has 1 aliphatic rings. The van der Waals surface area contributed by atoms with Gasteiger partial charge in [-0.2, -0.15) is 0 Å². The number of fused-ring (bicyclic) bond motifs is 3. The van der Waals surface area contributed by atoms with Crippen LogP contribution >= 0.6 is 11.3 Å². The van der Waals surface area contributed by atoms with Gasteiger partial charge in [-0.25, -0.2) is 9.78 Å². The molecule has 5 rings (SSSR count). The number of likely N-dealkylation sites (N-methyl/N-ethyl adjacent to an activating group) is 2. The maximum Gasteiger partial charge on any atom is 0.407 e. The molecule has 8 N–H and O–H groups in total. The molecule has 23 heteroatoms. The van der Waals surface area contributed by atoms with Gasteiger partial charge in [0.05, 0.1) is 17.1 Å². The van der Waals surface area contributed by atoms with Gasteiger partial charge in [-0.1, -0.05) is 109 Å². The van der Waals surface area contributed by atoms with E-state index < -0.39 is 89.4 Å². The number of aromatic hydroxyl groups is 1. The van der Waals surface area contributed by atoms with E-state index >= 15 is 0 Å². The summed E-state index contributed by atoms with van der Waals surface area (Å²) in [6.45, 7) is 19.1. The molecule has 87 heavy (non-hydrogen) atoms. The Labute approximate surface area is 514 Å². The number of aromatic nitrogens is 1. The van der Waals surface area contributed by atoms with Crippen LogP contribution in [0.25, 0.3) is 11.1 Å². The Bertz CT molecular complexity index is 3050. The first kappa shape index (κ1) is 69.8. The third-order valence-corrected chi connectivity index (χ3v) is 17.2. The Morgan fingerprint density at radius 2 is 1.41 bits per heavy atom. The maximum absolute atomic E-state index is 14.3. The molecule has 0 unspecified atom stereocenters. The molecule has 8 atom stereocenters. The van der Waals surface area contributed by atoms with E-state index in [0.717, 1.165) is 33.6 Å². The number of nitrogens with one attached hydrogen (secondary N) is 6. The second-order valence-corrected chi connectivity index (χ2v) is 24.9. The van der Waals surface area contributed by atoms with Crippen molar-refractivity contribution >= 4 is 70.5 Å². The zero-order valence-electron chi connectivity index (χ0n) is 52.6. The Kier molecular flexibility index (Phi) is 25.4. The van der Waals surface area contributed by atoms with Gasteiger partial charge in [0.15, 0.2) is 6.10 Å². The number of nitrogens with zero attached hydrogens (tertiary/aromatic N) is 3. The molecule has 7 amide bonds. The molecule has 0 aliphatic heterocycles. The smallest absolute Gasteiger partial charge is 0.407 e. The van der Waals surface area contributed by atoms with E-state index in [2.05, 4.69) is 36.9 Å². The molecule has 0 saturated heterocycles. The first-order valence-electron chi connectivity index (χ1n) is 29.7. The average Bonchev–Trinajstić information content (AvgIpc) is 1.71. The third kappa shape index (κ3) is 19.0. The van der Waals surface area contributed by atoms with E-state index in [0.29, 0.717) is 12.0 Å². The van der Waals surface area contributed by atoms with Crippen LogP contribution in [0.1, 0.15) is 152 Å². The number of carboxylic acids is 1. The molecule has 474 valence electrons. The number of aliphatic carboxylic acids is 1. The van der Waals surface area contributed by atoms with Gasteiger partial charge in [0.25, 0.3) is 5.91 Å². The van der Waals surface area contributed by atoms with Crippen molar-refractivity contribution < 1.29 is 62.8 Å². The Balaban J connectivity index is 1.15. The van der Waals surface area contributed by atoms with Crippen LogP contribution < -0.4 is 31.9 Å². The number of carbonyl (C=O) groups excluding carboxylic acids is 8. The summed E-state index contributed by atoms with van der Waals surface area (Å²) >= 11 is 1.08. The number of hydrogen-bond donors (Lipinski definition) is 8. The normalized spacial score (nSPS) is 14.9. The van der Waals surface area contributed by atoms with Gasteiger partial charge in [-0.3, -0.25) is 43.3 Å². The highest BCUT2D eigenvalue weighted by molar-refractivity contribution is 7.09. The number of phenols is 1. The number of ether oxygens (including phenoxy) is 2. The highest BCUT2D eigenvalue weighted by Gasteiger charge is 2.39. The first-order chi connectivity index (χ1) is 40.9. The van der Waals surface area contributed by atoms with Crippen molar-refractivity contribution in [1.29, 1.82) is 0 Å². The SMILES string of the molecule is CC[C@H](C)[C@H](NC(=O)C(C)(C)N(C)C)C(=O)N(C)[C@H](C[C@@H](OC(C)=O)c1nc(C(=O)N[C@@H](Cc2ccc(O)c(NC(=O)CCCNC(=O)[C@H](C)NC(=O)[C@@H](NC(=O)OCC3c4ccccc4-c4ccccc43)C(C)C)c2)C[C@H](C)C(=O)O)cs1)C(C)C. The number of carboxylic acid groups (broad SMARTS) is 1. The van der Waals surface area contributed by atoms with E-state index in [1.807, 2.05) is 76.2 Å². The number of benzene rings is 3. The van der Waals surface area contributed by atoms with Crippen molar-refractivity contribution in [1.82, 2.24) is 41.4 Å². The predicted molar refractivity (Wildman–Crippen MR) is 332 cm³/mol. The van der Waals surface area contributed by atoms with E-state index in [1.165, 1.54) is 38.3 Å². The van der Waals surface area contributed by atoms with E-state index in [1.54, 1.807) is 64.7 Å². The van der Waals surface area contributed by atoms with Crippen molar-refractivity contribution in [2.75, 3.05) is 39.6 Å². The largest absolute Gasteiger partial charge is 0.506 e. The Morgan fingerprint density at radius 3 is 1.99 bits per heavy atom. The standard InChI is InChI=1S/C64H89N9O13S/c1-15-37(6)55(70-62(83)64(10,11)72(12)13)60(80)73(14)50(35(2)3)32-52(86-40(9)74)59-69-49(34-87-59)57(78)67-42(29-38(7)61(81)82)30-41-26-27-51(75)48(31-41)68-53(76)25-20-28-65-56(77)39(8)66-58(79)54(36(4)5)71-63(84)85-33-47-45-23-18-16-21-43(45)44-22-17-19-24-46(44)47/h16-19,21-24,26-27,31,34-39,42,47,50,52,54-55,75H,15,20,25,28-30,32-33H2,1-14H3,(H,65,77)(H,66,79)(H,67,78)(H,68,76)(H,70,83)(H,71,84)(H,81,82)/t37-,38-,39-,42+,50+,52+,54-,55-/m0/s1. The quantitative estimate of drug-likeness (QED) is 0.0137. The molecule has 22 nitrogen and oxygen atoms in total. The summed E-state index contributed by atoms with van der Waals surface area (Å²) < 4.78 is 11.5. The van der Waals surface area contributed by atoms with Crippen molar-refractivity contribution in [3.8, 4) is 16.9 Å². The Hall–Kier alpha value is -7.92. The molecular weight excluding hydrogens is 1130 g/mol. The van der Waals surface area contributed by atoms with Crippen molar-refractivity contribution in [3.05, 3.63) is 99.5 Å². The van der Waals surface area contributed by atoms with Crippen LogP contribution in [0, 0.1) is 23.7 Å². The van der Waals surface area contributed by atoms with Gasteiger partial charge in [-0.05, 0) is 112 Å². The number of amides is 7. The lowest BCUT2D eigenvalue weighted by Gasteiger charge is -2.38. The van der Waals surface area contributed by atoms with Crippen molar-refractivity contribution in [3.63, 3.8) is 0 Å². The van der Waals surface area contributed by atoms with Gasteiger partial charge in [0.1, 0.15) is 41.2 Å². The molecular formula is C64H89N9O13S. The summed E-state index contributed by atoms with van der Waals surface area (Å²) in [4.78, 5) is 127. The second kappa shape index (κ2) is 31.6. The van der Waals surface area contributed by atoms with Gasteiger partial charge < -0.3 is 56.5 Å². The summed E-state index contributed by atoms with van der Waals surface area (Å²) in [6.07, 6.45) is -0.852. The monoisotopic (exact) mass is 1220 g/mol. The number of rotatable bonds is 31. The number of thiazole rings is 1. The van der Waals surface area contributed by atoms with Crippen LogP contribution in [0.3, 0.4) is 0 Å².